The summed E-state index contributed by atoms with van der Waals surface area (Å²) in [6, 6.07) is 5.40. The zero-order valence-corrected chi connectivity index (χ0v) is 15.6. The molecular weight excluding hydrogens is 372 g/mol. The Balaban J connectivity index is 1.52. The zero-order chi connectivity index (χ0) is 19.0. The molecule has 0 amide bonds. The van der Waals surface area contributed by atoms with Gasteiger partial charge < -0.3 is 9.80 Å². The summed E-state index contributed by atoms with van der Waals surface area (Å²) in [5, 5.41) is 3.46. The highest BCUT2D eigenvalue weighted by molar-refractivity contribution is 7.13. The van der Waals surface area contributed by atoms with E-state index in [0.717, 1.165) is 47.3 Å². The molecular formula is C18H19F2N5OS. The first-order valence-electron chi connectivity index (χ1n) is 8.70. The number of hydrogen-bond acceptors (Lipinski definition) is 6. The number of aryl methyl sites for hydroxylation is 1. The van der Waals surface area contributed by atoms with Gasteiger partial charge in [0.05, 0.1) is 29.5 Å². The first-order valence-corrected chi connectivity index (χ1v) is 9.58. The van der Waals surface area contributed by atoms with Gasteiger partial charge in [-0.3, -0.25) is 9.36 Å². The number of benzene rings is 1. The van der Waals surface area contributed by atoms with Crippen LogP contribution in [0, 0.1) is 6.92 Å². The highest BCUT2D eigenvalue weighted by Gasteiger charge is 2.20. The SMILES string of the molecule is Cc1csc(N2CCN(c3ccc4c(=O)n(CC(F)F)cnc4c3)CC2)n1. The number of piperazine rings is 1. The fourth-order valence-corrected chi connectivity index (χ4v) is 4.12. The minimum atomic E-state index is -2.58. The van der Waals surface area contributed by atoms with Crippen molar-refractivity contribution in [2.45, 2.75) is 19.9 Å². The molecule has 0 radical (unpaired) electrons. The molecule has 0 N–H and O–H groups in total. The molecule has 0 saturated carbocycles. The van der Waals surface area contributed by atoms with Crippen LogP contribution < -0.4 is 15.4 Å². The van der Waals surface area contributed by atoms with Gasteiger partial charge in [0.25, 0.3) is 12.0 Å². The highest BCUT2D eigenvalue weighted by Crippen LogP contribution is 2.24. The third kappa shape index (κ3) is 3.64. The van der Waals surface area contributed by atoms with Crippen LogP contribution in [0.4, 0.5) is 19.6 Å². The molecule has 2 aromatic heterocycles. The van der Waals surface area contributed by atoms with Gasteiger partial charge in [-0.2, -0.15) is 0 Å². The third-order valence-electron chi connectivity index (χ3n) is 4.67. The smallest absolute Gasteiger partial charge is 0.261 e. The summed E-state index contributed by atoms with van der Waals surface area (Å²) in [5.41, 5.74) is 2.11. The van der Waals surface area contributed by atoms with Crippen LogP contribution >= 0.6 is 11.3 Å². The Kier molecular flexibility index (Phi) is 4.77. The zero-order valence-electron chi connectivity index (χ0n) is 14.8. The van der Waals surface area contributed by atoms with Gasteiger partial charge in [-0.25, -0.2) is 18.7 Å². The lowest BCUT2D eigenvalue weighted by atomic mass is 10.2. The van der Waals surface area contributed by atoms with Gasteiger partial charge >= 0.3 is 0 Å². The molecule has 1 aliphatic rings. The van der Waals surface area contributed by atoms with Crippen molar-refractivity contribution in [3.63, 3.8) is 0 Å². The van der Waals surface area contributed by atoms with E-state index in [1.807, 2.05) is 19.1 Å². The van der Waals surface area contributed by atoms with Gasteiger partial charge in [-0.05, 0) is 25.1 Å². The van der Waals surface area contributed by atoms with E-state index in [1.54, 1.807) is 17.4 Å². The van der Waals surface area contributed by atoms with E-state index in [1.165, 1.54) is 6.33 Å². The van der Waals surface area contributed by atoms with Gasteiger partial charge in [0, 0.05) is 37.2 Å². The lowest BCUT2D eigenvalue weighted by Gasteiger charge is -2.36. The molecule has 1 aliphatic heterocycles. The van der Waals surface area contributed by atoms with Crippen LogP contribution in [0.2, 0.25) is 0 Å². The molecule has 6 nitrogen and oxygen atoms in total. The number of fused-ring (bicyclic) bond motifs is 1. The Labute approximate surface area is 158 Å². The Hall–Kier alpha value is -2.55. The first-order chi connectivity index (χ1) is 13.0. The number of rotatable bonds is 4. The second-order valence-electron chi connectivity index (χ2n) is 6.54. The van der Waals surface area contributed by atoms with E-state index in [0.29, 0.717) is 10.9 Å². The second kappa shape index (κ2) is 7.22. The molecule has 3 heterocycles. The molecule has 1 aromatic carbocycles. The molecule has 0 aliphatic carbocycles. The molecule has 4 rings (SSSR count). The molecule has 0 unspecified atom stereocenters. The second-order valence-corrected chi connectivity index (χ2v) is 7.38. The molecule has 142 valence electrons. The topological polar surface area (TPSA) is 54.3 Å². The minimum absolute atomic E-state index is 0.360. The lowest BCUT2D eigenvalue weighted by Crippen LogP contribution is -2.46. The number of halogens is 2. The van der Waals surface area contributed by atoms with Crippen LogP contribution in [0.25, 0.3) is 10.9 Å². The maximum atomic E-state index is 12.6. The molecule has 1 saturated heterocycles. The van der Waals surface area contributed by atoms with Gasteiger partial charge in [0.2, 0.25) is 0 Å². The van der Waals surface area contributed by atoms with Crippen molar-refractivity contribution >= 4 is 33.1 Å². The van der Waals surface area contributed by atoms with Crippen LogP contribution in [-0.4, -0.2) is 47.1 Å². The number of aromatic nitrogens is 3. The summed E-state index contributed by atoms with van der Waals surface area (Å²) >= 11 is 1.66. The van der Waals surface area contributed by atoms with Gasteiger partial charge in [-0.15, -0.1) is 11.3 Å². The molecule has 9 heteroatoms. The van der Waals surface area contributed by atoms with E-state index < -0.39 is 18.5 Å². The molecule has 1 fully saturated rings. The van der Waals surface area contributed by atoms with Crippen LogP contribution in [0.3, 0.4) is 0 Å². The normalized spacial score (nSPS) is 15.1. The van der Waals surface area contributed by atoms with E-state index in [9.17, 15) is 13.6 Å². The Morgan fingerprint density at radius 2 is 1.93 bits per heavy atom. The molecule has 0 bridgehead atoms. The van der Waals surface area contributed by atoms with Gasteiger partial charge in [0.1, 0.15) is 0 Å². The predicted octanol–water partition coefficient (Wildman–Crippen LogP) is 2.75. The van der Waals surface area contributed by atoms with E-state index in [2.05, 4.69) is 25.1 Å². The summed E-state index contributed by atoms with van der Waals surface area (Å²) in [7, 11) is 0. The summed E-state index contributed by atoms with van der Waals surface area (Å²) in [5.74, 6) is 0. The highest BCUT2D eigenvalue weighted by atomic mass is 32.1. The Morgan fingerprint density at radius 1 is 1.19 bits per heavy atom. The Morgan fingerprint density at radius 3 is 2.59 bits per heavy atom. The molecule has 0 spiro atoms. The van der Waals surface area contributed by atoms with Crippen molar-refractivity contribution in [2.24, 2.45) is 0 Å². The number of thiazole rings is 1. The Bertz CT molecular complexity index is 1010. The molecule has 3 aromatic rings. The van der Waals surface area contributed by atoms with Crippen molar-refractivity contribution in [3.8, 4) is 0 Å². The summed E-state index contributed by atoms with van der Waals surface area (Å²) in [6.45, 7) is 4.78. The van der Waals surface area contributed by atoms with Crippen LogP contribution in [-0.2, 0) is 6.54 Å². The average Bonchev–Trinajstić information content (AvgIpc) is 3.10. The summed E-state index contributed by atoms with van der Waals surface area (Å²) < 4.78 is 26.1. The number of anilines is 2. The number of alkyl halides is 2. The number of nitrogens with zero attached hydrogens (tertiary/aromatic N) is 5. The van der Waals surface area contributed by atoms with E-state index in [-0.39, 0.29) is 0 Å². The monoisotopic (exact) mass is 391 g/mol. The van der Waals surface area contributed by atoms with Gasteiger partial charge in [-0.1, -0.05) is 0 Å². The number of hydrogen-bond donors (Lipinski definition) is 0. The van der Waals surface area contributed by atoms with Crippen LogP contribution in [0.15, 0.2) is 34.7 Å². The van der Waals surface area contributed by atoms with Gasteiger partial charge in [0.15, 0.2) is 5.13 Å². The third-order valence-corrected chi connectivity index (χ3v) is 5.68. The van der Waals surface area contributed by atoms with Crippen molar-refractivity contribution in [3.05, 3.63) is 46.0 Å². The predicted molar refractivity (Wildman–Crippen MR) is 103 cm³/mol. The quantitative estimate of drug-likeness (QED) is 0.685. The molecule has 27 heavy (non-hydrogen) atoms. The molecule has 0 atom stereocenters. The largest absolute Gasteiger partial charge is 0.368 e. The van der Waals surface area contributed by atoms with Crippen molar-refractivity contribution in [1.29, 1.82) is 0 Å². The van der Waals surface area contributed by atoms with Crippen molar-refractivity contribution in [1.82, 2.24) is 14.5 Å². The fraction of sp³-hybridized carbons (Fsp3) is 0.389. The minimum Gasteiger partial charge on any atom is -0.368 e. The first kappa shape index (κ1) is 17.8. The average molecular weight is 391 g/mol. The van der Waals surface area contributed by atoms with E-state index >= 15 is 0 Å². The lowest BCUT2D eigenvalue weighted by molar-refractivity contribution is 0.125. The van der Waals surface area contributed by atoms with Crippen LogP contribution in [0.1, 0.15) is 5.69 Å². The van der Waals surface area contributed by atoms with Crippen molar-refractivity contribution in [2.75, 3.05) is 36.0 Å². The van der Waals surface area contributed by atoms with Crippen LogP contribution in [0.5, 0.6) is 0 Å². The van der Waals surface area contributed by atoms with Crippen molar-refractivity contribution < 1.29 is 8.78 Å². The fourth-order valence-electron chi connectivity index (χ4n) is 3.26. The maximum absolute atomic E-state index is 12.6. The maximum Gasteiger partial charge on any atom is 0.261 e. The summed E-state index contributed by atoms with van der Waals surface area (Å²) in [4.78, 5) is 25.6. The standard InChI is InChI=1S/C18H19F2N5OS/c1-12-10-27-18(22-12)24-6-4-23(5-7-24)13-2-3-14-15(8-13)21-11-25(17(14)26)9-16(19)20/h2-3,8,10-11,16H,4-7,9H2,1H3. The van der Waals surface area contributed by atoms with E-state index in [4.69, 9.17) is 0 Å². The summed E-state index contributed by atoms with van der Waals surface area (Å²) in [6.07, 6.45) is -1.39.